The first-order valence-corrected chi connectivity index (χ1v) is 9.27. The van der Waals surface area contributed by atoms with Crippen molar-refractivity contribution in [2.24, 2.45) is 11.8 Å². The summed E-state index contributed by atoms with van der Waals surface area (Å²) >= 11 is 0. The molecule has 1 aliphatic heterocycles. The fraction of sp³-hybridized carbons (Fsp3) is 0.364. The van der Waals surface area contributed by atoms with Gasteiger partial charge < -0.3 is 0 Å². The molecule has 0 aromatic heterocycles. The normalized spacial score (nSPS) is 28.8. The zero-order valence-electron chi connectivity index (χ0n) is 14.3. The van der Waals surface area contributed by atoms with E-state index in [1.54, 1.807) is 4.90 Å². The highest BCUT2D eigenvalue weighted by molar-refractivity contribution is 6.07. The fourth-order valence-corrected chi connectivity index (χ4v) is 5.28. The van der Waals surface area contributed by atoms with Gasteiger partial charge >= 0.3 is 0 Å². The molecule has 1 heterocycles. The lowest BCUT2D eigenvalue weighted by Gasteiger charge is -2.45. The number of benzene rings is 2. The van der Waals surface area contributed by atoms with Gasteiger partial charge in [-0.25, -0.2) is 0 Å². The van der Waals surface area contributed by atoms with E-state index in [9.17, 15) is 9.59 Å². The summed E-state index contributed by atoms with van der Waals surface area (Å²) in [6.07, 6.45) is 1.87. The predicted octanol–water partition coefficient (Wildman–Crippen LogP) is 3.68. The lowest BCUT2D eigenvalue weighted by atomic mass is 9.55. The van der Waals surface area contributed by atoms with E-state index in [4.69, 9.17) is 0 Å². The second-order valence-electron chi connectivity index (χ2n) is 7.45. The highest BCUT2D eigenvalue weighted by atomic mass is 16.2. The molecule has 3 heteroatoms. The van der Waals surface area contributed by atoms with Gasteiger partial charge in [-0.05, 0) is 28.7 Å². The second kappa shape index (κ2) is 5.29. The highest BCUT2D eigenvalue weighted by Crippen LogP contribution is 2.60. The molecule has 4 aliphatic rings. The molecule has 6 rings (SSSR count). The van der Waals surface area contributed by atoms with Crippen LogP contribution in [0.25, 0.3) is 0 Å². The molecule has 0 N–H and O–H groups in total. The Hall–Kier alpha value is -2.42. The van der Waals surface area contributed by atoms with E-state index in [0.29, 0.717) is 6.54 Å². The summed E-state index contributed by atoms with van der Waals surface area (Å²) in [7, 11) is 0. The van der Waals surface area contributed by atoms with Crippen molar-refractivity contribution in [1.29, 1.82) is 0 Å². The Balaban J connectivity index is 1.70. The van der Waals surface area contributed by atoms with Crippen LogP contribution < -0.4 is 0 Å². The van der Waals surface area contributed by atoms with Crippen LogP contribution in [0.2, 0.25) is 0 Å². The summed E-state index contributed by atoms with van der Waals surface area (Å²) in [6.45, 7) is 2.65. The van der Waals surface area contributed by atoms with Gasteiger partial charge in [0.1, 0.15) is 0 Å². The summed E-state index contributed by atoms with van der Waals surface area (Å²) in [5, 5.41) is 0. The number of unbranched alkanes of at least 4 members (excludes halogenated alkanes) is 1. The lowest BCUT2D eigenvalue weighted by molar-refractivity contribution is -0.140. The third kappa shape index (κ3) is 1.81. The molecular weight excluding hydrogens is 310 g/mol. The molecule has 2 amide bonds. The van der Waals surface area contributed by atoms with Gasteiger partial charge in [0.25, 0.3) is 0 Å². The molecule has 3 nitrogen and oxygen atoms in total. The summed E-state index contributed by atoms with van der Waals surface area (Å²) in [4.78, 5) is 27.9. The average Bonchev–Trinajstić information content (AvgIpc) is 2.91. The Labute approximate surface area is 147 Å². The van der Waals surface area contributed by atoms with E-state index in [1.807, 2.05) is 24.3 Å². The minimum Gasteiger partial charge on any atom is -0.282 e. The number of hydrogen-bond donors (Lipinski definition) is 0. The number of rotatable bonds is 3. The number of amides is 2. The van der Waals surface area contributed by atoms with E-state index in [-0.39, 0.29) is 35.5 Å². The van der Waals surface area contributed by atoms with Crippen LogP contribution in [-0.4, -0.2) is 23.3 Å². The van der Waals surface area contributed by atoms with Crippen molar-refractivity contribution >= 4 is 11.8 Å². The van der Waals surface area contributed by atoms with Gasteiger partial charge in [0.2, 0.25) is 11.8 Å². The number of likely N-dealkylation sites (tertiary alicyclic amines) is 1. The monoisotopic (exact) mass is 331 g/mol. The predicted molar refractivity (Wildman–Crippen MR) is 95.2 cm³/mol. The topological polar surface area (TPSA) is 37.4 Å². The largest absolute Gasteiger partial charge is 0.282 e. The standard InChI is InChI=1S/C22H21NO2/c1-2-3-12-23-21(24)19-17-13-8-4-5-9-14(13)18(20(19)22(23)25)16-11-7-6-10-15(16)17/h4-11,17-20H,2-3,12H2,1H3. The van der Waals surface area contributed by atoms with Gasteiger partial charge in [-0.1, -0.05) is 61.9 Å². The third-order valence-electron chi connectivity index (χ3n) is 6.28. The van der Waals surface area contributed by atoms with Gasteiger partial charge in [0.15, 0.2) is 0 Å². The van der Waals surface area contributed by atoms with E-state index >= 15 is 0 Å². The smallest absolute Gasteiger partial charge is 0.234 e. The first-order valence-electron chi connectivity index (χ1n) is 9.27. The zero-order valence-corrected chi connectivity index (χ0v) is 14.3. The van der Waals surface area contributed by atoms with Gasteiger partial charge in [-0.2, -0.15) is 0 Å². The molecule has 2 bridgehead atoms. The van der Waals surface area contributed by atoms with Crippen molar-refractivity contribution in [1.82, 2.24) is 4.90 Å². The molecule has 2 aromatic carbocycles. The van der Waals surface area contributed by atoms with Crippen molar-refractivity contribution in [3.05, 3.63) is 70.8 Å². The molecular formula is C22H21NO2. The number of imide groups is 1. The average molecular weight is 331 g/mol. The van der Waals surface area contributed by atoms with Crippen LogP contribution in [0.15, 0.2) is 48.5 Å². The summed E-state index contributed by atoms with van der Waals surface area (Å²) in [5.74, 6) is -0.320. The quantitative estimate of drug-likeness (QED) is 0.805. The SMILES string of the molecule is CCCCN1C(=O)C2C3c4ccccc4C(c4ccccc43)C2C1=O. The molecule has 2 unspecified atom stereocenters. The number of hydrogen-bond acceptors (Lipinski definition) is 2. The molecule has 2 atom stereocenters. The molecule has 2 aromatic rings. The summed E-state index contributed by atoms with van der Waals surface area (Å²) in [5.41, 5.74) is 4.97. The molecule has 126 valence electrons. The maximum Gasteiger partial charge on any atom is 0.234 e. The summed E-state index contributed by atoms with van der Waals surface area (Å²) in [6, 6.07) is 16.8. The fourth-order valence-electron chi connectivity index (χ4n) is 5.28. The Morgan fingerprint density at radius 3 is 1.52 bits per heavy atom. The van der Waals surface area contributed by atoms with Crippen LogP contribution in [0.5, 0.6) is 0 Å². The second-order valence-corrected chi connectivity index (χ2v) is 7.45. The minimum atomic E-state index is -0.223. The van der Waals surface area contributed by atoms with Crippen molar-refractivity contribution < 1.29 is 9.59 Å². The highest BCUT2D eigenvalue weighted by Gasteiger charge is 2.61. The van der Waals surface area contributed by atoms with Crippen LogP contribution in [-0.2, 0) is 9.59 Å². The van der Waals surface area contributed by atoms with Gasteiger partial charge in [0, 0.05) is 18.4 Å². The Bertz CT molecular complexity index is 772. The van der Waals surface area contributed by atoms with Crippen LogP contribution in [0.4, 0.5) is 0 Å². The summed E-state index contributed by atoms with van der Waals surface area (Å²) < 4.78 is 0. The van der Waals surface area contributed by atoms with E-state index in [2.05, 4.69) is 31.2 Å². The Kier molecular flexibility index (Phi) is 3.15. The van der Waals surface area contributed by atoms with Crippen LogP contribution in [0.1, 0.15) is 53.9 Å². The zero-order chi connectivity index (χ0) is 17.1. The molecule has 3 aliphatic carbocycles. The molecule has 0 radical (unpaired) electrons. The number of carbonyl (C=O) groups excluding carboxylic acids is 2. The van der Waals surface area contributed by atoms with Crippen LogP contribution >= 0.6 is 0 Å². The first kappa shape index (κ1) is 14.9. The van der Waals surface area contributed by atoms with Gasteiger partial charge in [-0.3, -0.25) is 14.5 Å². The lowest BCUT2D eigenvalue weighted by Crippen LogP contribution is -2.41. The maximum absolute atomic E-state index is 13.2. The van der Waals surface area contributed by atoms with Crippen LogP contribution in [0, 0.1) is 11.8 Å². The van der Waals surface area contributed by atoms with Gasteiger partial charge in [0.05, 0.1) is 11.8 Å². The Morgan fingerprint density at radius 2 is 1.16 bits per heavy atom. The van der Waals surface area contributed by atoms with E-state index in [1.165, 1.54) is 22.3 Å². The van der Waals surface area contributed by atoms with Crippen molar-refractivity contribution in [2.75, 3.05) is 6.54 Å². The maximum atomic E-state index is 13.2. The number of nitrogens with zero attached hydrogens (tertiary/aromatic N) is 1. The molecule has 1 saturated heterocycles. The first-order chi connectivity index (χ1) is 12.2. The molecule has 25 heavy (non-hydrogen) atoms. The van der Waals surface area contributed by atoms with Crippen molar-refractivity contribution in [3.8, 4) is 0 Å². The van der Waals surface area contributed by atoms with E-state index in [0.717, 1.165) is 12.8 Å². The van der Waals surface area contributed by atoms with Gasteiger partial charge in [-0.15, -0.1) is 0 Å². The molecule has 0 saturated carbocycles. The van der Waals surface area contributed by atoms with E-state index < -0.39 is 0 Å². The van der Waals surface area contributed by atoms with Crippen LogP contribution in [0.3, 0.4) is 0 Å². The third-order valence-corrected chi connectivity index (χ3v) is 6.28. The Morgan fingerprint density at radius 1 is 0.760 bits per heavy atom. The minimum absolute atomic E-state index is 0.0190. The molecule has 0 spiro atoms. The van der Waals surface area contributed by atoms with Crippen molar-refractivity contribution in [3.63, 3.8) is 0 Å². The number of carbonyl (C=O) groups is 2. The molecule has 1 fully saturated rings. The van der Waals surface area contributed by atoms with Crippen molar-refractivity contribution in [2.45, 2.75) is 31.6 Å².